The number of anilines is 1. The molecule has 128 valence electrons. The molecule has 1 N–H and O–H groups in total. The summed E-state index contributed by atoms with van der Waals surface area (Å²) >= 11 is 5.89. The molecule has 3 rings (SSSR count). The molecule has 0 atom stereocenters. The molecule has 1 amide bonds. The second kappa shape index (κ2) is 7.81. The summed E-state index contributed by atoms with van der Waals surface area (Å²) in [5.41, 5.74) is 1.58. The van der Waals surface area contributed by atoms with Crippen molar-refractivity contribution in [2.45, 2.75) is 13.3 Å². The van der Waals surface area contributed by atoms with Crippen molar-refractivity contribution < 1.29 is 14.2 Å². The van der Waals surface area contributed by atoms with Gasteiger partial charge in [-0.3, -0.25) is 4.79 Å². The highest BCUT2D eigenvalue weighted by molar-refractivity contribution is 6.30. The second-order valence-corrected chi connectivity index (χ2v) is 5.70. The van der Waals surface area contributed by atoms with Crippen LogP contribution in [0.4, 0.5) is 5.82 Å². The van der Waals surface area contributed by atoms with Crippen molar-refractivity contribution >= 4 is 23.3 Å². The summed E-state index contributed by atoms with van der Waals surface area (Å²) in [6, 6.07) is 14.0. The van der Waals surface area contributed by atoms with Gasteiger partial charge in [0.2, 0.25) is 5.82 Å². The van der Waals surface area contributed by atoms with E-state index in [9.17, 15) is 4.79 Å². The second-order valence-electron chi connectivity index (χ2n) is 5.27. The lowest BCUT2D eigenvalue weighted by Crippen LogP contribution is -2.14. The van der Waals surface area contributed by atoms with Crippen molar-refractivity contribution in [3.63, 3.8) is 0 Å². The van der Waals surface area contributed by atoms with Crippen LogP contribution in [0.5, 0.6) is 5.75 Å². The van der Waals surface area contributed by atoms with Crippen LogP contribution in [0.3, 0.4) is 0 Å². The zero-order valence-electron chi connectivity index (χ0n) is 13.5. The molecule has 0 spiro atoms. The molecular formula is C18H16ClN3O3. The van der Waals surface area contributed by atoms with Crippen LogP contribution >= 0.6 is 11.6 Å². The summed E-state index contributed by atoms with van der Waals surface area (Å²) in [5, 5.41) is 11.0. The fraction of sp³-hybridized carbons (Fsp3) is 0.167. The third-order valence-electron chi connectivity index (χ3n) is 3.43. The third kappa shape index (κ3) is 3.97. The average Bonchev–Trinajstić information content (AvgIpc) is 3.09. The molecule has 1 aromatic heterocycles. The molecule has 0 aliphatic rings. The first-order valence-corrected chi connectivity index (χ1v) is 8.18. The van der Waals surface area contributed by atoms with E-state index in [4.69, 9.17) is 21.0 Å². The van der Waals surface area contributed by atoms with Gasteiger partial charge in [-0.15, -0.1) is 0 Å². The van der Waals surface area contributed by atoms with Crippen LogP contribution in [0.1, 0.15) is 23.7 Å². The Morgan fingerprint density at radius 2 is 1.92 bits per heavy atom. The molecule has 0 saturated carbocycles. The van der Waals surface area contributed by atoms with Crippen LogP contribution < -0.4 is 10.1 Å². The molecule has 1 heterocycles. The first-order chi connectivity index (χ1) is 12.2. The molecule has 0 aliphatic carbocycles. The van der Waals surface area contributed by atoms with E-state index in [0.29, 0.717) is 28.6 Å². The van der Waals surface area contributed by atoms with Crippen molar-refractivity contribution in [3.8, 4) is 17.0 Å². The van der Waals surface area contributed by atoms with E-state index in [1.807, 2.05) is 13.0 Å². The number of halogens is 1. The van der Waals surface area contributed by atoms with E-state index < -0.39 is 0 Å². The van der Waals surface area contributed by atoms with Crippen LogP contribution in [0.2, 0.25) is 5.02 Å². The monoisotopic (exact) mass is 357 g/mol. The summed E-state index contributed by atoms with van der Waals surface area (Å²) in [6.45, 7) is 2.54. The summed E-state index contributed by atoms with van der Waals surface area (Å²) in [5.74, 6) is 0.404. The van der Waals surface area contributed by atoms with Gasteiger partial charge in [0.1, 0.15) is 5.75 Å². The minimum Gasteiger partial charge on any atom is -0.493 e. The van der Waals surface area contributed by atoms with Crippen molar-refractivity contribution in [1.82, 2.24) is 10.3 Å². The molecule has 7 heteroatoms. The zero-order chi connectivity index (χ0) is 17.6. The molecular weight excluding hydrogens is 342 g/mol. The van der Waals surface area contributed by atoms with Gasteiger partial charge in [-0.25, -0.2) is 4.63 Å². The lowest BCUT2D eigenvalue weighted by atomic mass is 10.1. The number of para-hydroxylation sites is 1. The Bertz CT molecular complexity index is 862. The van der Waals surface area contributed by atoms with Crippen molar-refractivity contribution in [3.05, 3.63) is 59.1 Å². The Morgan fingerprint density at radius 1 is 1.16 bits per heavy atom. The number of hydrogen-bond acceptors (Lipinski definition) is 5. The lowest BCUT2D eigenvalue weighted by molar-refractivity contribution is 0.102. The number of aromatic nitrogens is 2. The first kappa shape index (κ1) is 17.0. The van der Waals surface area contributed by atoms with Gasteiger partial charge in [0.25, 0.3) is 5.91 Å². The smallest absolute Gasteiger partial charge is 0.260 e. The number of hydrogen-bond donors (Lipinski definition) is 1. The number of amides is 1. The number of carbonyl (C=O) groups is 1. The van der Waals surface area contributed by atoms with Gasteiger partial charge in [0.15, 0.2) is 5.69 Å². The molecule has 25 heavy (non-hydrogen) atoms. The first-order valence-electron chi connectivity index (χ1n) is 7.80. The van der Waals surface area contributed by atoms with Gasteiger partial charge in [-0.05, 0) is 41.0 Å². The average molecular weight is 358 g/mol. The normalized spacial score (nSPS) is 10.5. The fourth-order valence-electron chi connectivity index (χ4n) is 2.23. The van der Waals surface area contributed by atoms with Crippen LogP contribution in [0, 0.1) is 0 Å². The molecule has 0 bridgehead atoms. The van der Waals surface area contributed by atoms with Crippen LogP contribution in [0.25, 0.3) is 11.3 Å². The number of nitrogens with zero attached hydrogens (tertiary/aromatic N) is 2. The van der Waals surface area contributed by atoms with E-state index in [-0.39, 0.29) is 11.7 Å². The topological polar surface area (TPSA) is 77.2 Å². The minimum atomic E-state index is -0.349. The van der Waals surface area contributed by atoms with Gasteiger partial charge >= 0.3 is 0 Å². The minimum absolute atomic E-state index is 0.234. The maximum Gasteiger partial charge on any atom is 0.260 e. The molecule has 2 aromatic carbocycles. The number of rotatable bonds is 6. The number of carbonyl (C=O) groups excluding carboxylic acids is 1. The summed E-state index contributed by atoms with van der Waals surface area (Å²) in [7, 11) is 0. The standard InChI is InChI=1S/C18H16ClN3O3/c1-2-11-24-15-6-4-3-5-14(15)18(23)20-17-16(21-25-22-17)12-7-9-13(19)10-8-12/h3-10H,2,11H2,1H3,(H,20,22,23). The van der Waals surface area contributed by atoms with Crippen molar-refractivity contribution in [2.24, 2.45) is 0 Å². The van der Waals surface area contributed by atoms with Crippen LogP contribution in [0.15, 0.2) is 53.2 Å². The van der Waals surface area contributed by atoms with Crippen LogP contribution in [-0.4, -0.2) is 22.8 Å². The predicted octanol–water partition coefficient (Wildman–Crippen LogP) is 4.43. The molecule has 0 radical (unpaired) electrons. The largest absolute Gasteiger partial charge is 0.493 e. The summed E-state index contributed by atoms with van der Waals surface area (Å²) in [6.07, 6.45) is 0.851. The van der Waals surface area contributed by atoms with Gasteiger partial charge in [0.05, 0.1) is 12.2 Å². The van der Waals surface area contributed by atoms with E-state index in [2.05, 4.69) is 15.6 Å². The van der Waals surface area contributed by atoms with E-state index >= 15 is 0 Å². The van der Waals surface area contributed by atoms with Crippen molar-refractivity contribution in [2.75, 3.05) is 11.9 Å². The molecule has 0 fully saturated rings. The van der Waals surface area contributed by atoms with Crippen LogP contribution in [-0.2, 0) is 0 Å². The molecule has 0 aliphatic heterocycles. The van der Waals surface area contributed by atoms with E-state index in [1.54, 1.807) is 42.5 Å². The Labute approximate surface area is 149 Å². The van der Waals surface area contributed by atoms with Gasteiger partial charge in [-0.2, -0.15) is 0 Å². The Balaban J connectivity index is 1.83. The van der Waals surface area contributed by atoms with Gasteiger partial charge in [0, 0.05) is 10.6 Å². The Hall–Kier alpha value is -2.86. The molecule has 0 unspecified atom stereocenters. The highest BCUT2D eigenvalue weighted by Gasteiger charge is 2.18. The highest BCUT2D eigenvalue weighted by atomic mass is 35.5. The van der Waals surface area contributed by atoms with Crippen molar-refractivity contribution in [1.29, 1.82) is 0 Å². The number of benzene rings is 2. The SMILES string of the molecule is CCCOc1ccccc1C(=O)Nc1nonc1-c1ccc(Cl)cc1. The predicted molar refractivity (Wildman–Crippen MR) is 94.9 cm³/mol. The fourth-order valence-corrected chi connectivity index (χ4v) is 2.36. The lowest BCUT2D eigenvalue weighted by Gasteiger charge is -2.10. The molecule has 6 nitrogen and oxygen atoms in total. The van der Waals surface area contributed by atoms with E-state index in [0.717, 1.165) is 12.0 Å². The quantitative estimate of drug-likeness (QED) is 0.706. The zero-order valence-corrected chi connectivity index (χ0v) is 14.3. The molecule has 3 aromatic rings. The maximum atomic E-state index is 12.6. The van der Waals surface area contributed by atoms with Gasteiger partial charge < -0.3 is 10.1 Å². The number of ether oxygens (including phenoxy) is 1. The number of nitrogens with one attached hydrogen (secondary N) is 1. The molecule has 0 saturated heterocycles. The summed E-state index contributed by atoms with van der Waals surface area (Å²) in [4.78, 5) is 12.6. The highest BCUT2D eigenvalue weighted by Crippen LogP contribution is 2.27. The maximum absolute atomic E-state index is 12.6. The Kier molecular flexibility index (Phi) is 5.30. The third-order valence-corrected chi connectivity index (χ3v) is 3.68. The van der Waals surface area contributed by atoms with Gasteiger partial charge in [-0.1, -0.05) is 42.8 Å². The summed E-state index contributed by atoms with van der Waals surface area (Å²) < 4.78 is 10.4. The Morgan fingerprint density at radius 3 is 2.68 bits per heavy atom. The van der Waals surface area contributed by atoms with E-state index in [1.165, 1.54) is 0 Å².